The second-order valence-electron chi connectivity index (χ2n) is 10.3. The van der Waals surface area contributed by atoms with E-state index in [0.29, 0.717) is 5.82 Å². The van der Waals surface area contributed by atoms with Gasteiger partial charge in [-0.15, -0.1) is 5.10 Å². The van der Waals surface area contributed by atoms with Crippen LogP contribution >= 0.6 is 0 Å². The summed E-state index contributed by atoms with van der Waals surface area (Å²) in [5.74, 6) is 2.59. The van der Waals surface area contributed by atoms with Gasteiger partial charge in [0.1, 0.15) is 17.1 Å². The molecule has 194 valence electrons. The van der Waals surface area contributed by atoms with Crippen LogP contribution in [0.15, 0.2) is 48.5 Å². The maximum Gasteiger partial charge on any atom is 0.180 e. The lowest BCUT2D eigenvalue weighted by molar-refractivity contribution is 0.155. The Bertz CT molecular complexity index is 1550. The highest BCUT2D eigenvalue weighted by atomic mass is 16.5. The zero-order valence-corrected chi connectivity index (χ0v) is 22.2. The summed E-state index contributed by atoms with van der Waals surface area (Å²) in [6, 6.07) is 17.0. The molecule has 0 spiro atoms. The molecule has 1 saturated carbocycles. The lowest BCUT2D eigenvalue weighted by Crippen LogP contribution is -2.19. The number of nitrogens with zero attached hydrogens (tertiary/aromatic N) is 6. The Morgan fingerprint density at radius 2 is 1.76 bits per heavy atom. The Balaban J connectivity index is 1.33. The normalized spacial score (nSPS) is 14.3. The largest absolute Gasteiger partial charge is 0.490 e. The Morgan fingerprint density at radius 3 is 2.50 bits per heavy atom. The van der Waals surface area contributed by atoms with Crippen molar-refractivity contribution in [1.82, 2.24) is 35.2 Å². The second kappa shape index (κ2) is 10.4. The molecule has 0 saturated heterocycles. The molecule has 1 aliphatic rings. The molecular formula is C30H33N7O. The third kappa shape index (κ3) is 4.78. The summed E-state index contributed by atoms with van der Waals surface area (Å²) in [5, 5.41) is 14.7. The fourth-order valence-corrected chi connectivity index (χ4v) is 5.55. The van der Waals surface area contributed by atoms with Gasteiger partial charge in [0.15, 0.2) is 11.5 Å². The molecule has 0 amide bonds. The summed E-state index contributed by atoms with van der Waals surface area (Å²) in [7, 11) is 0. The number of aromatic nitrogens is 7. The van der Waals surface area contributed by atoms with Crippen molar-refractivity contribution >= 4 is 11.2 Å². The molecule has 0 radical (unpaired) electrons. The number of aryl methyl sites for hydroxylation is 3. The maximum atomic E-state index is 6.39. The van der Waals surface area contributed by atoms with Gasteiger partial charge in [0.05, 0.1) is 12.6 Å². The SMILES string of the molecule is CCc1nc2c(C)cc(C)nc2n1Cc1ccc(-c2cc(OC3CCCCC3)ccc2-c2nnn[nH]2)cc1. The molecule has 6 rings (SSSR count). The molecule has 1 fully saturated rings. The fraction of sp³-hybridized carbons (Fsp3) is 0.367. The average Bonchev–Trinajstić information content (AvgIpc) is 3.59. The first kappa shape index (κ1) is 24.3. The smallest absolute Gasteiger partial charge is 0.180 e. The molecule has 0 bridgehead atoms. The van der Waals surface area contributed by atoms with Gasteiger partial charge in [-0.05, 0) is 96.5 Å². The summed E-state index contributed by atoms with van der Waals surface area (Å²) in [5.41, 5.74) is 8.40. The number of H-pyrrole nitrogens is 1. The minimum atomic E-state index is 0.287. The zero-order chi connectivity index (χ0) is 26.1. The molecule has 0 atom stereocenters. The van der Waals surface area contributed by atoms with E-state index in [2.05, 4.69) is 75.4 Å². The van der Waals surface area contributed by atoms with Gasteiger partial charge in [-0.1, -0.05) is 37.6 Å². The van der Waals surface area contributed by atoms with Gasteiger partial charge in [0.2, 0.25) is 0 Å². The number of rotatable bonds is 7. The number of pyridine rings is 1. The van der Waals surface area contributed by atoms with Crippen LogP contribution in [0.2, 0.25) is 0 Å². The number of fused-ring (bicyclic) bond motifs is 1. The summed E-state index contributed by atoms with van der Waals surface area (Å²) >= 11 is 0. The third-order valence-corrected chi connectivity index (χ3v) is 7.47. The van der Waals surface area contributed by atoms with Crippen molar-refractivity contribution in [2.75, 3.05) is 0 Å². The molecule has 3 heterocycles. The number of nitrogens with one attached hydrogen (secondary N) is 1. The van der Waals surface area contributed by atoms with E-state index in [9.17, 15) is 0 Å². The minimum absolute atomic E-state index is 0.287. The van der Waals surface area contributed by atoms with E-state index in [1.165, 1.54) is 30.4 Å². The van der Waals surface area contributed by atoms with Crippen LogP contribution in [-0.2, 0) is 13.0 Å². The highest BCUT2D eigenvalue weighted by molar-refractivity contribution is 5.81. The number of imidazole rings is 1. The predicted molar refractivity (Wildman–Crippen MR) is 148 cm³/mol. The van der Waals surface area contributed by atoms with Crippen LogP contribution in [0.3, 0.4) is 0 Å². The number of hydrogen-bond donors (Lipinski definition) is 1. The van der Waals surface area contributed by atoms with Gasteiger partial charge in [-0.25, -0.2) is 15.1 Å². The van der Waals surface area contributed by atoms with Crippen LogP contribution in [0.5, 0.6) is 5.75 Å². The molecular weight excluding hydrogens is 474 g/mol. The lowest BCUT2D eigenvalue weighted by Gasteiger charge is -2.23. The highest BCUT2D eigenvalue weighted by Crippen LogP contribution is 2.35. The van der Waals surface area contributed by atoms with Crippen molar-refractivity contribution in [1.29, 1.82) is 0 Å². The van der Waals surface area contributed by atoms with Gasteiger partial charge in [-0.3, -0.25) is 0 Å². The zero-order valence-electron chi connectivity index (χ0n) is 22.2. The number of hydrogen-bond acceptors (Lipinski definition) is 6. The van der Waals surface area contributed by atoms with Crippen molar-refractivity contribution in [3.8, 4) is 28.3 Å². The Morgan fingerprint density at radius 1 is 0.947 bits per heavy atom. The fourth-order valence-electron chi connectivity index (χ4n) is 5.55. The summed E-state index contributed by atoms with van der Waals surface area (Å²) in [6.45, 7) is 7.01. The monoisotopic (exact) mass is 507 g/mol. The first-order valence-electron chi connectivity index (χ1n) is 13.6. The van der Waals surface area contributed by atoms with Crippen LogP contribution in [-0.4, -0.2) is 41.3 Å². The average molecular weight is 508 g/mol. The molecule has 38 heavy (non-hydrogen) atoms. The van der Waals surface area contributed by atoms with E-state index in [0.717, 1.165) is 70.9 Å². The van der Waals surface area contributed by atoms with Crippen molar-refractivity contribution in [3.63, 3.8) is 0 Å². The molecule has 1 N–H and O–H groups in total. The van der Waals surface area contributed by atoms with E-state index >= 15 is 0 Å². The summed E-state index contributed by atoms with van der Waals surface area (Å²) < 4.78 is 8.63. The molecule has 0 aliphatic heterocycles. The summed E-state index contributed by atoms with van der Waals surface area (Å²) in [4.78, 5) is 9.72. The molecule has 3 aromatic heterocycles. The van der Waals surface area contributed by atoms with Crippen LogP contribution in [0, 0.1) is 13.8 Å². The lowest BCUT2D eigenvalue weighted by atomic mass is 9.96. The quantitative estimate of drug-likeness (QED) is 0.281. The van der Waals surface area contributed by atoms with E-state index in [-0.39, 0.29) is 6.10 Å². The van der Waals surface area contributed by atoms with E-state index < -0.39 is 0 Å². The number of tetrazole rings is 1. The highest BCUT2D eigenvalue weighted by Gasteiger charge is 2.18. The van der Waals surface area contributed by atoms with Gasteiger partial charge >= 0.3 is 0 Å². The van der Waals surface area contributed by atoms with Gasteiger partial charge < -0.3 is 9.30 Å². The predicted octanol–water partition coefficient (Wildman–Crippen LogP) is 6.22. The number of aromatic amines is 1. The number of ether oxygens (including phenoxy) is 1. The van der Waals surface area contributed by atoms with E-state index in [1.807, 2.05) is 19.1 Å². The van der Waals surface area contributed by atoms with Gasteiger partial charge in [0, 0.05) is 17.7 Å². The van der Waals surface area contributed by atoms with E-state index in [4.69, 9.17) is 14.7 Å². The van der Waals surface area contributed by atoms with Crippen LogP contribution < -0.4 is 4.74 Å². The first-order chi connectivity index (χ1) is 18.6. The topological polar surface area (TPSA) is 94.4 Å². The molecule has 2 aromatic carbocycles. The Hall–Kier alpha value is -4.07. The van der Waals surface area contributed by atoms with Crippen LogP contribution in [0.1, 0.15) is 61.7 Å². The molecule has 1 aliphatic carbocycles. The number of benzene rings is 2. The van der Waals surface area contributed by atoms with Gasteiger partial charge in [0.25, 0.3) is 0 Å². The standard InChI is InChI=1S/C30H33N7O/c1-4-27-32-28-19(2)16-20(3)31-30(28)37(27)18-21-10-12-22(13-11-21)26-17-24(38-23-8-6-5-7-9-23)14-15-25(26)29-33-35-36-34-29/h10-17,23H,4-9,18H2,1-3H3,(H,33,34,35,36). The third-order valence-electron chi connectivity index (χ3n) is 7.47. The molecule has 8 heteroatoms. The Kier molecular flexibility index (Phi) is 6.62. The Labute approximate surface area is 222 Å². The first-order valence-corrected chi connectivity index (χ1v) is 13.6. The second-order valence-corrected chi connectivity index (χ2v) is 10.3. The van der Waals surface area contributed by atoms with E-state index in [1.54, 1.807) is 0 Å². The molecule has 0 unspecified atom stereocenters. The van der Waals surface area contributed by atoms with Gasteiger partial charge in [-0.2, -0.15) is 0 Å². The van der Waals surface area contributed by atoms with Crippen LogP contribution in [0.25, 0.3) is 33.7 Å². The van der Waals surface area contributed by atoms with Crippen molar-refractivity contribution in [2.45, 2.75) is 71.9 Å². The van der Waals surface area contributed by atoms with Crippen LogP contribution in [0.4, 0.5) is 0 Å². The molecule has 8 nitrogen and oxygen atoms in total. The van der Waals surface area contributed by atoms with Crippen molar-refractivity contribution in [2.24, 2.45) is 0 Å². The summed E-state index contributed by atoms with van der Waals surface area (Å²) in [6.07, 6.45) is 7.16. The maximum absolute atomic E-state index is 6.39. The van der Waals surface area contributed by atoms with Crippen molar-refractivity contribution in [3.05, 3.63) is 71.2 Å². The minimum Gasteiger partial charge on any atom is -0.490 e. The molecule has 5 aromatic rings. The van der Waals surface area contributed by atoms with Crippen molar-refractivity contribution < 1.29 is 4.74 Å².